The summed E-state index contributed by atoms with van der Waals surface area (Å²) >= 11 is 5.24. The van der Waals surface area contributed by atoms with Crippen molar-refractivity contribution in [2.45, 2.75) is 37.4 Å². The first kappa shape index (κ1) is 22.4. The fourth-order valence-corrected chi connectivity index (χ4v) is 5.50. The zero-order valence-corrected chi connectivity index (χ0v) is 18.5. The molecular weight excluding hydrogens is 422 g/mol. The van der Waals surface area contributed by atoms with E-state index in [-0.39, 0.29) is 24.6 Å². The van der Waals surface area contributed by atoms with Crippen LogP contribution >= 0.6 is 12.2 Å². The number of benzene rings is 1. The lowest BCUT2D eigenvalue weighted by Crippen LogP contribution is -2.28. The molecule has 0 bridgehead atoms. The largest absolute Gasteiger partial charge is 0.396 e. The van der Waals surface area contributed by atoms with Gasteiger partial charge in [0.15, 0.2) is 20.8 Å². The molecule has 0 radical (unpaired) electrons. The number of rotatable bonds is 9. The van der Waals surface area contributed by atoms with E-state index in [1.54, 1.807) is 6.07 Å². The predicted octanol–water partition coefficient (Wildman–Crippen LogP) is 2.21. The van der Waals surface area contributed by atoms with E-state index in [2.05, 4.69) is 27.5 Å². The van der Waals surface area contributed by atoms with Gasteiger partial charge in [-0.2, -0.15) is 0 Å². The van der Waals surface area contributed by atoms with Crippen molar-refractivity contribution in [1.82, 2.24) is 15.3 Å². The molecule has 3 rings (SSSR count). The van der Waals surface area contributed by atoms with Gasteiger partial charge in [-0.15, -0.1) is 0 Å². The van der Waals surface area contributed by atoms with Gasteiger partial charge >= 0.3 is 0 Å². The summed E-state index contributed by atoms with van der Waals surface area (Å²) < 4.78 is 24.6. The van der Waals surface area contributed by atoms with Crippen molar-refractivity contribution >= 4 is 38.7 Å². The Morgan fingerprint density at radius 2 is 1.97 bits per heavy atom. The second kappa shape index (κ2) is 9.23. The molecular formula is C20H27N5O3S2. The Labute approximate surface area is 182 Å². The van der Waals surface area contributed by atoms with Crippen LogP contribution in [-0.4, -0.2) is 47.5 Å². The number of hydrogen-bond acceptors (Lipinski definition) is 7. The van der Waals surface area contributed by atoms with E-state index >= 15 is 0 Å². The molecule has 8 nitrogen and oxygen atoms in total. The topological polar surface area (TPSA) is 130 Å². The van der Waals surface area contributed by atoms with Gasteiger partial charge in [0.05, 0.1) is 11.4 Å². The van der Waals surface area contributed by atoms with Gasteiger partial charge in [-0.25, -0.2) is 18.4 Å². The Morgan fingerprint density at radius 1 is 1.27 bits per heavy atom. The molecule has 0 unspecified atom stereocenters. The minimum Gasteiger partial charge on any atom is -0.396 e. The molecule has 0 amide bonds. The number of aromatic nitrogens is 2. The number of thiocarbonyl (C=S) groups is 1. The van der Waals surface area contributed by atoms with E-state index in [0.717, 1.165) is 24.2 Å². The molecule has 0 aliphatic heterocycles. The van der Waals surface area contributed by atoms with Crippen molar-refractivity contribution < 1.29 is 13.5 Å². The van der Waals surface area contributed by atoms with Crippen LogP contribution in [0, 0.1) is 0 Å². The van der Waals surface area contributed by atoms with Crippen molar-refractivity contribution in [2.24, 2.45) is 0 Å². The van der Waals surface area contributed by atoms with Gasteiger partial charge in [-0.1, -0.05) is 6.92 Å². The number of nitrogens with zero attached hydrogens (tertiary/aromatic N) is 2. The predicted molar refractivity (Wildman–Crippen MR) is 123 cm³/mol. The van der Waals surface area contributed by atoms with Crippen LogP contribution in [0.4, 0.5) is 11.5 Å². The Bertz CT molecular complexity index is 1010. The fourth-order valence-electron chi connectivity index (χ4n) is 3.23. The SMILES string of the molecule is CCCNC(=S)Nc1ccc(-c2nc(N)cc(C3(S(=O)(=O)CCCO)CC3)n2)cc1. The smallest absolute Gasteiger partial charge is 0.170 e. The molecule has 162 valence electrons. The van der Waals surface area contributed by atoms with Crippen LogP contribution in [0.15, 0.2) is 30.3 Å². The Hall–Kier alpha value is -2.30. The number of nitrogens with one attached hydrogen (secondary N) is 2. The summed E-state index contributed by atoms with van der Waals surface area (Å²) in [6.07, 6.45) is 2.19. The van der Waals surface area contributed by atoms with Gasteiger partial charge in [0.1, 0.15) is 10.6 Å². The quantitative estimate of drug-likeness (QED) is 0.426. The summed E-state index contributed by atoms with van der Waals surface area (Å²) in [4.78, 5) is 8.85. The summed E-state index contributed by atoms with van der Waals surface area (Å²) in [5.74, 6) is 0.535. The molecule has 0 spiro atoms. The molecule has 1 fully saturated rings. The maximum atomic E-state index is 12.8. The molecule has 1 aromatic carbocycles. The number of sulfone groups is 1. The Morgan fingerprint density at radius 3 is 2.57 bits per heavy atom. The van der Waals surface area contributed by atoms with Crippen molar-refractivity contribution in [3.05, 3.63) is 36.0 Å². The van der Waals surface area contributed by atoms with Crippen LogP contribution < -0.4 is 16.4 Å². The van der Waals surface area contributed by atoms with E-state index in [4.69, 9.17) is 23.1 Å². The summed E-state index contributed by atoms with van der Waals surface area (Å²) in [5, 5.41) is 15.8. The molecule has 30 heavy (non-hydrogen) atoms. The molecule has 1 aliphatic rings. The molecule has 1 aliphatic carbocycles. The van der Waals surface area contributed by atoms with Gasteiger partial charge in [-0.3, -0.25) is 0 Å². The van der Waals surface area contributed by atoms with Crippen molar-refractivity contribution in [3.8, 4) is 11.4 Å². The molecule has 10 heteroatoms. The first-order valence-electron chi connectivity index (χ1n) is 9.95. The first-order valence-corrected chi connectivity index (χ1v) is 12.0. The zero-order valence-electron chi connectivity index (χ0n) is 16.9. The molecule has 0 atom stereocenters. The number of aliphatic hydroxyl groups is 1. The van der Waals surface area contributed by atoms with Crippen LogP contribution in [0.2, 0.25) is 0 Å². The van der Waals surface area contributed by atoms with Crippen LogP contribution in [-0.2, 0) is 14.6 Å². The molecule has 2 aromatic rings. The lowest BCUT2D eigenvalue weighted by atomic mass is 10.1. The van der Waals surface area contributed by atoms with E-state index in [1.165, 1.54) is 0 Å². The van der Waals surface area contributed by atoms with Crippen molar-refractivity contribution in [3.63, 3.8) is 0 Å². The number of nitrogens with two attached hydrogens (primary N) is 1. The maximum absolute atomic E-state index is 12.8. The molecule has 5 N–H and O–H groups in total. The van der Waals surface area contributed by atoms with Gasteiger partial charge < -0.3 is 21.5 Å². The minimum atomic E-state index is -3.44. The summed E-state index contributed by atoms with van der Waals surface area (Å²) in [6.45, 7) is 2.70. The molecule has 1 heterocycles. The van der Waals surface area contributed by atoms with Crippen LogP contribution in [0.3, 0.4) is 0 Å². The average Bonchev–Trinajstić information content (AvgIpc) is 3.54. The molecule has 1 aromatic heterocycles. The lowest BCUT2D eigenvalue weighted by Gasteiger charge is -2.17. The van der Waals surface area contributed by atoms with Crippen molar-refractivity contribution in [2.75, 3.05) is 30.0 Å². The van der Waals surface area contributed by atoms with E-state index in [9.17, 15) is 8.42 Å². The van der Waals surface area contributed by atoms with E-state index in [1.807, 2.05) is 24.3 Å². The van der Waals surface area contributed by atoms with Gasteiger partial charge in [-0.05, 0) is 62.2 Å². The Kier molecular flexibility index (Phi) is 6.89. The minimum absolute atomic E-state index is 0.0743. The fraction of sp³-hybridized carbons (Fsp3) is 0.450. The monoisotopic (exact) mass is 449 g/mol. The average molecular weight is 450 g/mol. The highest BCUT2D eigenvalue weighted by Gasteiger charge is 2.56. The highest BCUT2D eigenvalue weighted by Crippen LogP contribution is 2.53. The summed E-state index contributed by atoms with van der Waals surface area (Å²) in [6, 6.07) is 8.92. The third-order valence-corrected chi connectivity index (χ3v) is 7.90. The molecule has 0 saturated heterocycles. The number of anilines is 2. The number of aliphatic hydroxyl groups excluding tert-OH is 1. The second-order valence-corrected chi connectivity index (χ2v) is 10.2. The standard InChI is InChI=1S/C20H27N5O3S2/c1-2-10-22-19(29)23-15-6-4-14(5-7-15)18-24-16(13-17(21)25-18)20(8-9-20)30(27,28)12-3-11-26/h4-7,13,26H,2-3,8-12H2,1H3,(H2,21,24,25)(H2,22,23,29). The summed E-state index contributed by atoms with van der Waals surface area (Å²) in [5.41, 5.74) is 7.96. The zero-order chi connectivity index (χ0) is 21.8. The maximum Gasteiger partial charge on any atom is 0.170 e. The normalized spacial score (nSPS) is 14.9. The summed E-state index contributed by atoms with van der Waals surface area (Å²) in [7, 11) is -3.44. The Balaban J connectivity index is 1.83. The number of hydrogen-bond donors (Lipinski definition) is 4. The van der Waals surface area contributed by atoms with Crippen LogP contribution in [0.1, 0.15) is 38.3 Å². The highest BCUT2D eigenvalue weighted by atomic mass is 32.2. The third kappa shape index (κ3) is 4.88. The first-order chi connectivity index (χ1) is 14.3. The van der Waals surface area contributed by atoms with Crippen molar-refractivity contribution in [1.29, 1.82) is 0 Å². The van der Waals surface area contributed by atoms with E-state index < -0.39 is 14.6 Å². The van der Waals surface area contributed by atoms with E-state index in [0.29, 0.717) is 29.5 Å². The second-order valence-electron chi connectivity index (χ2n) is 7.35. The highest BCUT2D eigenvalue weighted by molar-refractivity contribution is 7.92. The molecule has 1 saturated carbocycles. The lowest BCUT2D eigenvalue weighted by molar-refractivity contribution is 0.295. The van der Waals surface area contributed by atoms with Crippen LogP contribution in [0.5, 0.6) is 0 Å². The number of nitrogen functional groups attached to an aromatic ring is 1. The van der Waals surface area contributed by atoms with Gasteiger partial charge in [0.2, 0.25) is 0 Å². The van der Waals surface area contributed by atoms with Gasteiger partial charge in [0.25, 0.3) is 0 Å². The van der Waals surface area contributed by atoms with Crippen LogP contribution in [0.25, 0.3) is 11.4 Å². The third-order valence-electron chi connectivity index (χ3n) is 5.02. The van der Waals surface area contributed by atoms with Gasteiger partial charge in [0, 0.05) is 30.5 Å².